The van der Waals surface area contributed by atoms with Gasteiger partial charge in [0, 0.05) is 30.4 Å². The maximum Gasteiger partial charge on any atom is 0.416 e. The molecule has 0 spiro atoms. The first-order chi connectivity index (χ1) is 10.9. The third-order valence-electron chi connectivity index (χ3n) is 4.39. The summed E-state index contributed by atoms with van der Waals surface area (Å²) in [5.74, 6) is 0.253. The molecule has 2 nitrogen and oxygen atoms in total. The minimum Gasteiger partial charge on any atom is -0.399 e. The maximum atomic E-state index is 12.7. The van der Waals surface area contributed by atoms with Crippen LogP contribution in [0.5, 0.6) is 0 Å². The molecule has 1 atom stereocenters. The molecule has 2 N–H and O–H groups in total. The minimum atomic E-state index is -4.28. The smallest absolute Gasteiger partial charge is 0.399 e. The fraction of sp³-hybridized carbons (Fsp3) is 0.333. The lowest BCUT2D eigenvalue weighted by Gasteiger charge is -2.35. The van der Waals surface area contributed by atoms with E-state index < -0.39 is 11.7 Å². The van der Waals surface area contributed by atoms with Crippen LogP contribution in [0.25, 0.3) is 0 Å². The highest BCUT2D eigenvalue weighted by Gasteiger charge is 2.30. The van der Waals surface area contributed by atoms with Crippen LogP contribution < -0.4 is 10.6 Å². The number of piperidine rings is 1. The Hall–Kier alpha value is -2.17. The Morgan fingerprint density at radius 1 is 0.957 bits per heavy atom. The lowest BCUT2D eigenvalue weighted by atomic mass is 9.90. The lowest BCUT2D eigenvalue weighted by molar-refractivity contribution is -0.137. The number of alkyl halides is 3. The third-order valence-corrected chi connectivity index (χ3v) is 4.39. The van der Waals surface area contributed by atoms with Gasteiger partial charge >= 0.3 is 6.18 Å². The van der Waals surface area contributed by atoms with Crippen molar-refractivity contribution in [3.63, 3.8) is 0 Å². The summed E-state index contributed by atoms with van der Waals surface area (Å²) in [5, 5.41) is 0. The second-order valence-corrected chi connectivity index (χ2v) is 6.00. The van der Waals surface area contributed by atoms with E-state index in [9.17, 15) is 13.2 Å². The molecule has 0 saturated carbocycles. The van der Waals surface area contributed by atoms with E-state index in [-0.39, 0.29) is 5.92 Å². The molecule has 1 aliphatic heterocycles. The van der Waals surface area contributed by atoms with Crippen LogP contribution in [0.2, 0.25) is 0 Å². The van der Waals surface area contributed by atoms with E-state index >= 15 is 0 Å². The summed E-state index contributed by atoms with van der Waals surface area (Å²) in [6.07, 6.45) is -2.26. The van der Waals surface area contributed by atoms with E-state index in [2.05, 4.69) is 4.90 Å². The number of benzene rings is 2. The zero-order valence-corrected chi connectivity index (χ0v) is 12.7. The standard InChI is InChI=1S/C18H19F3N2/c19-18(20,21)15-5-3-13(4-6-15)14-2-1-11-23(12-14)17-9-7-16(22)8-10-17/h3-10,14H,1-2,11-12,22H2. The number of hydrogen-bond acceptors (Lipinski definition) is 2. The molecule has 0 amide bonds. The summed E-state index contributed by atoms with van der Waals surface area (Å²) in [5.41, 5.74) is 7.93. The van der Waals surface area contributed by atoms with Gasteiger partial charge in [0.25, 0.3) is 0 Å². The number of anilines is 2. The van der Waals surface area contributed by atoms with Gasteiger partial charge in [-0.05, 0) is 54.8 Å². The van der Waals surface area contributed by atoms with Gasteiger partial charge in [-0.3, -0.25) is 0 Å². The molecule has 1 aliphatic rings. The fourth-order valence-electron chi connectivity index (χ4n) is 3.11. The lowest BCUT2D eigenvalue weighted by Crippen LogP contribution is -2.34. The molecule has 23 heavy (non-hydrogen) atoms. The Balaban J connectivity index is 1.74. The fourth-order valence-corrected chi connectivity index (χ4v) is 3.11. The number of halogens is 3. The largest absolute Gasteiger partial charge is 0.416 e. The van der Waals surface area contributed by atoms with Crippen molar-refractivity contribution in [1.29, 1.82) is 0 Å². The van der Waals surface area contributed by atoms with Crippen LogP contribution in [-0.2, 0) is 6.18 Å². The van der Waals surface area contributed by atoms with Crippen LogP contribution in [0, 0.1) is 0 Å². The van der Waals surface area contributed by atoms with Crippen LogP contribution in [0.1, 0.15) is 29.9 Å². The second-order valence-electron chi connectivity index (χ2n) is 6.00. The van der Waals surface area contributed by atoms with E-state index in [1.165, 1.54) is 12.1 Å². The topological polar surface area (TPSA) is 29.3 Å². The third kappa shape index (κ3) is 3.60. The SMILES string of the molecule is Nc1ccc(N2CCCC(c3ccc(C(F)(F)F)cc3)C2)cc1. The van der Waals surface area contributed by atoms with Crippen LogP contribution in [0.15, 0.2) is 48.5 Å². The molecule has 5 heteroatoms. The molecule has 0 aliphatic carbocycles. The number of nitrogens with zero attached hydrogens (tertiary/aromatic N) is 1. The molecule has 0 aromatic heterocycles. The molecule has 3 rings (SSSR count). The van der Waals surface area contributed by atoms with Gasteiger partial charge in [0.05, 0.1) is 5.56 Å². The predicted octanol–water partition coefficient (Wildman–Crippen LogP) is 4.67. The Kier molecular flexibility index (Phi) is 4.20. The predicted molar refractivity (Wildman–Crippen MR) is 86.5 cm³/mol. The zero-order valence-electron chi connectivity index (χ0n) is 12.7. The Morgan fingerprint density at radius 2 is 1.61 bits per heavy atom. The van der Waals surface area contributed by atoms with Crippen molar-refractivity contribution in [2.45, 2.75) is 24.9 Å². The number of rotatable bonds is 2. The average Bonchev–Trinajstić information content (AvgIpc) is 2.55. The molecular weight excluding hydrogens is 301 g/mol. The minimum absolute atomic E-state index is 0.253. The highest BCUT2D eigenvalue weighted by molar-refractivity contribution is 5.53. The molecule has 0 bridgehead atoms. The summed E-state index contributed by atoms with van der Waals surface area (Å²) >= 11 is 0. The van der Waals surface area contributed by atoms with Crippen molar-refractivity contribution < 1.29 is 13.2 Å². The summed E-state index contributed by atoms with van der Waals surface area (Å²) in [6, 6.07) is 13.3. The van der Waals surface area contributed by atoms with E-state index in [1.807, 2.05) is 24.3 Å². The molecule has 1 unspecified atom stereocenters. The number of hydrogen-bond donors (Lipinski definition) is 1. The van der Waals surface area contributed by atoms with E-state index in [0.717, 1.165) is 42.9 Å². The first-order valence-corrected chi connectivity index (χ1v) is 7.71. The molecule has 122 valence electrons. The van der Waals surface area contributed by atoms with Gasteiger partial charge in [0.2, 0.25) is 0 Å². The van der Waals surface area contributed by atoms with Gasteiger partial charge in [-0.25, -0.2) is 0 Å². The van der Waals surface area contributed by atoms with Gasteiger partial charge < -0.3 is 10.6 Å². The van der Waals surface area contributed by atoms with E-state index in [4.69, 9.17) is 5.73 Å². The molecule has 1 saturated heterocycles. The van der Waals surface area contributed by atoms with Crippen LogP contribution in [0.3, 0.4) is 0 Å². The van der Waals surface area contributed by atoms with E-state index in [0.29, 0.717) is 0 Å². The molecule has 2 aromatic carbocycles. The zero-order chi connectivity index (χ0) is 16.4. The number of nitrogen functional groups attached to an aromatic ring is 1. The summed E-state index contributed by atoms with van der Waals surface area (Å²) in [4.78, 5) is 2.27. The van der Waals surface area contributed by atoms with Crippen molar-refractivity contribution in [3.8, 4) is 0 Å². The van der Waals surface area contributed by atoms with Crippen molar-refractivity contribution in [3.05, 3.63) is 59.7 Å². The molecular formula is C18H19F3N2. The average molecular weight is 320 g/mol. The van der Waals surface area contributed by atoms with Gasteiger partial charge in [0.1, 0.15) is 0 Å². The van der Waals surface area contributed by atoms with Crippen molar-refractivity contribution >= 4 is 11.4 Å². The molecule has 0 radical (unpaired) electrons. The van der Waals surface area contributed by atoms with Gasteiger partial charge in [-0.2, -0.15) is 13.2 Å². The van der Waals surface area contributed by atoms with Gasteiger partial charge in [0.15, 0.2) is 0 Å². The first-order valence-electron chi connectivity index (χ1n) is 7.71. The normalized spacial score (nSPS) is 18.9. The maximum absolute atomic E-state index is 12.7. The Morgan fingerprint density at radius 3 is 2.22 bits per heavy atom. The Labute approximate surface area is 133 Å². The van der Waals surface area contributed by atoms with Crippen molar-refractivity contribution in [2.75, 3.05) is 23.7 Å². The highest BCUT2D eigenvalue weighted by atomic mass is 19.4. The monoisotopic (exact) mass is 320 g/mol. The van der Waals surface area contributed by atoms with Crippen LogP contribution >= 0.6 is 0 Å². The molecule has 1 heterocycles. The van der Waals surface area contributed by atoms with Crippen LogP contribution in [0.4, 0.5) is 24.5 Å². The van der Waals surface area contributed by atoms with Crippen molar-refractivity contribution in [1.82, 2.24) is 0 Å². The highest BCUT2D eigenvalue weighted by Crippen LogP contribution is 2.33. The molecule has 2 aromatic rings. The Bertz CT molecular complexity index is 647. The van der Waals surface area contributed by atoms with Gasteiger partial charge in [-0.15, -0.1) is 0 Å². The second kappa shape index (κ2) is 6.14. The summed E-state index contributed by atoms with van der Waals surface area (Å²) < 4.78 is 38.0. The quantitative estimate of drug-likeness (QED) is 0.815. The first kappa shape index (κ1) is 15.7. The van der Waals surface area contributed by atoms with Gasteiger partial charge in [-0.1, -0.05) is 12.1 Å². The summed E-state index contributed by atoms with van der Waals surface area (Å²) in [6.45, 7) is 1.77. The van der Waals surface area contributed by atoms with E-state index in [1.54, 1.807) is 12.1 Å². The van der Waals surface area contributed by atoms with Crippen LogP contribution in [-0.4, -0.2) is 13.1 Å². The number of nitrogens with two attached hydrogens (primary N) is 1. The summed E-state index contributed by atoms with van der Waals surface area (Å²) in [7, 11) is 0. The van der Waals surface area contributed by atoms with Crippen molar-refractivity contribution in [2.24, 2.45) is 0 Å². The molecule has 1 fully saturated rings.